The summed E-state index contributed by atoms with van der Waals surface area (Å²) in [7, 11) is 0. The van der Waals surface area contributed by atoms with Crippen LogP contribution in [0.3, 0.4) is 0 Å². The topological polar surface area (TPSA) is 338 Å². The molecule has 0 aromatic carbocycles. The predicted octanol–water partition coefficient (Wildman–Crippen LogP) is -7.25. The Kier molecular flexibility index (Phi) is 12.7. The Morgan fingerprint density at radius 2 is 1.51 bits per heavy atom. The highest BCUT2D eigenvalue weighted by Crippen LogP contribution is 2.39. The first-order valence-corrected chi connectivity index (χ1v) is 15.5. The number of aliphatic hydroxyl groups is 7. The van der Waals surface area contributed by atoms with Gasteiger partial charge in [0.1, 0.15) is 54.4 Å². The number of ketones is 1. The van der Waals surface area contributed by atoms with Crippen molar-refractivity contribution in [1.29, 1.82) is 0 Å². The summed E-state index contributed by atoms with van der Waals surface area (Å²) in [6.45, 7) is -0.0906. The second kappa shape index (κ2) is 15.5. The van der Waals surface area contributed by atoms with Crippen LogP contribution in [0.5, 0.6) is 0 Å². The van der Waals surface area contributed by atoms with E-state index in [4.69, 9.17) is 47.6 Å². The molecular formula is C27H52N6O12. The highest BCUT2D eigenvalue weighted by atomic mass is 16.7. The maximum absolute atomic E-state index is 13.2. The van der Waals surface area contributed by atoms with Crippen molar-refractivity contribution in [3.63, 3.8) is 0 Å². The largest absolute Gasteiger partial charge is 0.394 e. The molecule has 2 heterocycles. The number of aliphatic hydroxyl groups excluding tert-OH is 6. The van der Waals surface area contributed by atoms with Crippen molar-refractivity contribution in [3.05, 3.63) is 0 Å². The molecule has 0 radical (unpaired) electrons. The lowest BCUT2D eigenvalue weighted by Crippen LogP contribution is -2.68. The lowest BCUT2D eigenvalue weighted by molar-refractivity contribution is -0.324. The number of carbonyl (C=O) groups excluding carboxylic acids is 1. The predicted molar refractivity (Wildman–Crippen MR) is 155 cm³/mol. The SMILES string of the molecule is NCCCN[C@H]1[C@@H](OC2[C@@H](N)C[C@@H](CC(=O)C3(O)CC(N)C3)[C@H](O[C@H]3O[C@H](CO)[C@@H](O)[C@H](N)[C@H]3O)[C@H]2O)O[C@H](CN)[C@@H](O)[C@@H]1O. The van der Waals surface area contributed by atoms with Gasteiger partial charge in [-0.05, 0) is 44.7 Å². The van der Waals surface area contributed by atoms with Crippen LogP contribution in [0, 0.1) is 5.92 Å². The number of hydrogen-bond acceptors (Lipinski definition) is 18. The van der Waals surface area contributed by atoms with Crippen LogP contribution in [0.2, 0.25) is 0 Å². The molecule has 18 N–H and O–H groups in total. The van der Waals surface area contributed by atoms with Crippen molar-refractivity contribution in [2.24, 2.45) is 34.6 Å². The zero-order valence-corrected chi connectivity index (χ0v) is 25.2. The molecule has 2 aliphatic heterocycles. The quantitative estimate of drug-likeness (QED) is 0.0821. The Hall–Kier alpha value is -1.01. The van der Waals surface area contributed by atoms with E-state index in [9.17, 15) is 40.5 Å². The van der Waals surface area contributed by atoms with Crippen LogP contribution in [0.15, 0.2) is 0 Å². The summed E-state index contributed by atoms with van der Waals surface area (Å²) in [6.07, 6.45) is -14.4. The molecular weight excluding hydrogens is 600 g/mol. The molecule has 4 rings (SSSR count). The first-order valence-electron chi connectivity index (χ1n) is 15.5. The highest BCUT2D eigenvalue weighted by molar-refractivity contribution is 5.88. The average molecular weight is 653 g/mol. The fourth-order valence-corrected chi connectivity index (χ4v) is 6.74. The molecule has 45 heavy (non-hydrogen) atoms. The first kappa shape index (κ1) is 36.8. The monoisotopic (exact) mass is 652 g/mol. The van der Waals surface area contributed by atoms with E-state index in [1.54, 1.807) is 0 Å². The molecule has 0 aromatic rings. The number of Topliss-reactive ketones (excluding diaryl/α,β-unsaturated/α-hetero) is 1. The van der Waals surface area contributed by atoms with Gasteiger partial charge in [-0.3, -0.25) is 4.79 Å². The van der Waals surface area contributed by atoms with Gasteiger partial charge in [0.15, 0.2) is 18.4 Å². The fraction of sp³-hybridized carbons (Fsp3) is 0.963. The van der Waals surface area contributed by atoms with E-state index >= 15 is 0 Å². The van der Waals surface area contributed by atoms with Gasteiger partial charge in [-0.15, -0.1) is 0 Å². The third-order valence-electron chi connectivity index (χ3n) is 9.52. The molecule has 0 aromatic heterocycles. The van der Waals surface area contributed by atoms with Crippen molar-refractivity contribution in [2.75, 3.05) is 26.2 Å². The van der Waals surface area contributed by atoms with Crippen LogP contribution in [0.1, 0.15) is 32.1 Å². The Balaban J connectivity index is 1.58. The molecule has 18 nitrogen and oxygen atoms in total. The van der Waals surface area contributed by atoms with Crippen LogP contribution in [0.25, 0.3) is 0 Å². The Morgan fingerprint density at radius 1 is 0.867 bits per heavy atom. The van der Waals surface area contributed by atoms with Gasteiger partial charge in [0.25, 0.3) is 0 Å². The zero-order valence-electron chi connectivity index (χ0n) is 25.2. The van der Waals surface area contributed by atoms with Crippen LogP contribution >= 0.6 is 0 Å². The lowest BCUT2D eigenvalue weighted by atomic mass is 9.69. The van der Waals surface area contributed by atoms with Crippen LogP contribution < -0.4 is 34.0 Å². The molecule has 2 saturated carbocycles. The van der Waals surface area contributed by atoms with Gasteiger partial charge in [-0.25, -0.2) is 0 Å². The summed E-state index contributed by atoms with van der Waals surface area (Å²) in [4.78, 5) is 13.2. The van der Waals surface area contributed by atoms with Crippen molar-refractivity contribution in [1.82, 2.24) is 5.32 Å². The van der Waals surface area contributed by atoms with Crippen molar-refractivity contribution in [2.45, 2.75) is 129 Å². The molecule has 0 amide bonds. The van der Waals surface area contributed by atoms with Crippen LogP contribution in [-0.2, 0) is 23.7 Å². The highest BCUT2D eigenvalue weighted by Gasteiger charge is 2.54. The van der Waals surface area contributed by atoms with Gasteiger partial charge < -0.3 is 88.7 Å². The van der Waals surface area contributed by atoms with E-state index in [1.807, 2.05) is 0 Å². The van der Waals surface area contributed by atoms with Crippen LogP contribution in [-0.4, -0.2) is 165 Å². The number of ether oxygens (including phenoxy) is 4. The third-order valence-corrected chi connectivity index (χ3v) is 9.52. The summed E-state index contributed by atoms with van der Waals surface area (Å²) in [6, 6.07) is -3.50. The van der Waals surface area contributed by atoms with Crippen LogP contribution in [0.4, 0.5) is 0 Å². The molecule has 2 aliphatic carbocycles. The summed E-state index contributed by atoms with van der Waals surface area (Å²) < 4.78 is 23.7. The number of carbonyl (C=O) groups is 1. The molecule has 0 spiro atoms. The third kappa shape index (κ3) is 7.84. The summed E-state index contributed by atoms with van der Waals surface area (Å²) >= 11 is 0. The van der Waals surface area contributed by atoms with Crippen molar-refractivity contribution < 1.29 is 59.5 Å². The maximum Gasteiger partial charge on any atom is 0.186 e. The van der Waals surface area contributed by atoms with E-state index in [0.717, 1.165) is 0 Å². The van der Waals surface area contributed by atoms with Gasteiger partial charge in [-0.1, -0.05) is 0 Å². The van der Waals surface area contributed by atoms with E-state index < -0.39 is 110 Å². The summed E-state index contributed by atoms with van der Waals surface area (Å²) in [5, 5.41) is 77.7. The van der Waals surface area contributed by atoms with Gasteiger partial charge in [0, 0.05) is 25.0 Å². The molecule has 2 saturated heterocycles. The standard InChI is InChI=1S/C27H52N6O12/c28-2-1-3-33-17-21(39)19(37)13(8-29)42-25(17)45-24-12(31)4-10(5-15(35)27(41)6-11(30)7-27)23(22(24)40)44-26-20(38)16(32)18(36)14(9-34)43-26/h10-14,16-26,33-34,36-41H,1-9,28-32H2/t10-,11?,12-,13+,14+,16-,17+,18+,19+,20+,21+,22+,23-,24?,25+,26+,27?/m0/s1. The second-order valence-corrected chi connectivity index (χ2v) is 12.8. The van der Waals surface area contributed by atoms with Gasteiger partial charge in [0.05, 0.1) is 24.8 Å². The Bertz CT molecular complexity index is 965. The van der Waals surface area contributed by atoms with Crippen molar-refractivity contribution >= 4 is 5.78 Å². The second-order valence-electron chi connectivity index (χ2n) is 12.8. The lowest BCUT2D eigenvalue weighted by Gasteiger charge is -2.50. The molecule has 0 bridgehead atoms. The minimum atomic E-state index is -1.63. The zero-order chi connectivity index (χ0) is 33.2. The number of rotatable bonds is 13. The average Bonchev–Trinajstić information content (AvgIpc) is 2.99. The van der Waals surface area contributed by atoms with E-state index in [-0.39, 0.29) is 38.3 Å². The molecule has 262 valence electrons. The van der Waals surface area contributed by atoms with E-state index in [2.05, 4.69) is 5.32 Å². The molecule has 4 fully saturated rings. The van der Waals surface area contributed by atoms with E-state index in [1.165, 1.54) is 0 Å². The van der Waals surface area contributed by atoms with E-state index in [0.29, 0.717) is 19.5 Å². The fourth-order valence-electron chi connectivity index (χ4n) is 6.74. The van der Waals surface area contributed by atoms with Gasteiger partial charge >= 0.3 is 0 Å². The van der Waals surface area contributed by atoms with Crippen molar-refractivity contribution in [3.8, 4) is 0 Å². The van der Waals surface area contributed by atoms with Gasteiger partial charge in [0.2, 0.25) is 0 Å². The maximum atomic E-state index is 13.2. The molecule has 15 atom stereocenters. The Labute approximate surface area is 261 Å². The molecule has 1 unspecified atom stereocenters. The normalized spacial score (nSPS) is 49.0. The van der Waals surface area contributed by atoms with Gasteiger partial charge in [-0.2, -0.15) is 0 Å². The smallest absolute Gasteiger partial charge is 0.186 e. The number of nitrogens with one attached hydrogen (secondary N) is 1. The summed E-state index contributed by atoms with van der Waals surface area (Å²) in [5.74, 6) is -1.33. The molecule has 18 heteroatoms. The molecule has 4 aliphatic rings. The minimum absolute atomic E-state index is 0.0324. The minimum Gasteiger partial charge on any atom is -0.394 e. The number of hydrogen-bond donors (Lipinski definition) is 13. The number of nitrogens with two attached hydrogens (primary N) is 5. The Morgan fingerprint density at radius 3 is 2.11 bits per heavy atom. The first-order chi connectivity index (χ1) is 21.3. The summed E-state index contributed by atoms with van der Waals surface area (Å²) in [5.41, 5.74) is 28.0.